The summed E-state index contributed by atoms with van der Waals surface area (Å²) in [6, 6.07) is 0. The molecule has 5 heteroatoms. The molecule has 2 atom stereocenters. The van der Waals surface area contributed by atoms with Gasteiger partial charge in [0, 0.05) is 13.2 Å². The Labute approximate surface area is 77.5 Å². The number of ether oxygens (including phenoxy) is 1. The van der Waals surface area contributed by atoms with Crippen molar-refractivity contribution in [3.05, 3.63) is 0 Å². The number of rotatable bonds is 4. The average Bonchev–Trinajstić information content (AvgIpc) is 2.66. The summed E-state index contributed by atoms with van der Waals surface area (Å²) >= 11 is 0. The molecule has 1 heterocycles. The number of hydrogen-bond donors (Lipinski definition) is 2. The first-order valence-electron chi connectivity index (χ1n) is 4.49. The van der Waals surface area contributed by atoms with Crippen molar-refractivity contribution >= 4 is 5.91 Å². The van der Waals surface area contributed by atoms with Crippen molar-refractivity contribution in [2.45, 2.75) is 32.0 Å². The van der Waals surface area contributed by atoms with Crippen LogP contribution in [0.1, 0.15) is 19.8 Å². The summed E-state index contributed by atoms with van der Waals surface area (Å²) < 4.78 is 5.20. The van der Waals surface area contributed by atoms with Crippen LogP contribution in [0.5, 0.6) is 0 Å². The van der Waals surface area contributed by atoms with E-state index in [1.165, 1.54) is 0 Å². The number of hydrogen-bond acceptors (Lipinski definition) is 4. The van der Waals surface area contributed by atoms with Crippen molar-refractivity contribution in [1.82, 2.24) is 5.32 Å². The molecule has 1 aliphatic heterocycles. The van der Waals surface area contributed by atoms with E-state index in [0.29, 0.717) is 13.2 Å². The zero-order chi connectivity index (χ0) is 9.68. The first-order chi connectivity index (χ1) is 6.24. The summed E-state index contributed by atoms with van der Waals surface area (Å²) in [6.07, 6.45) is 1.33. The van der Waals surface area contributed by atoms with Crippen LogP contribution in [0, 0.1) is 0 Å². The summed E-state index contributed by atoms with van der Waals surface area (Å²) in [6.45, 7) is 2.89. The van der Waals surface area contributed by atoms with E-state index in [1.54, 1.807) is 6.92 Å². The van der Waals surface area contributed by atoms with Crippen LogP contribution in [0.2, 0.25) is 0 Å². The molecule has 76 valence electrons. The van der Waals surface area contributed by atoms with Gasteiger partial charge in [-0.2, -0.15) is 0 Å². The first kappa shape index (κ1) is 10.4. The SMILES string of the molecule is CC(CNC(=O)C1CCCO1)ON. The van der Waals surface area contributed by atoms with E-state index < -0.39 is 0 Å². The van der Waals surface area contributed by atoms with Crippen LogP contribution in [0.25, 0.3) is 0 Å². The number of carbonyl (C=O) groups excluding carboxylic acids is 1. The van der Waals surface area contributed by atoms with Crippen molar-refractivity contribution in [3.8, 4) is 0 Å². The maximum absolute atomic E-state index is 11.3. The van der Waals surface area contributed by atoms with E-state index in [9.17, 15) is 4.79 Å². The standard InChI is InChI=1S/C8H16N2O3/c1-6(13-9)5-10-8(11)7-3-2-4-12-7/h6-7H,2-5,9H2,1H3,(H,10,11). The van der Waals surface area contributed by atoms with Crippen LogP contribution in [0.4, 0.5) is 0 Å². The Bertz CT molecular complexity index is 169. The number of amides is 1. The molecule has 5 nitrogen and oxygen atoms in total. The molecule has 3 N–H and O–H groups in total. The average molecular weight is 188 g/mol. The Balaban J connectivity index is 2.16. The lowest BCUT2D eigenvalue weighted by molar-refractivity contribution is -0.130. The largest absolute Gasteiger partial charge is 0.368 e. The maximum atomic E-state index is 11.3. The van der Waals surface area contributed by atoms with Crippen LogP contribution >= 0.6 is 0 Å². The minimum absolute atomic E-state index is 0.0681. The Morgan fingerprint density at radius 1 is 1.85 bits per heavy atom. The third kappa shape index (κ3) is 3.30. The van der Waals surface area contributed by atoms with Gasteiger partial charge in [-0.25, -0.2) is 5.90 Å². The lowest BCUT2D eigenvalue weighted by Gasteiger charge is -2.13. The third-order valence-electron chi connectivity index (χ3n) is 2.02. The third-order valence-corrected chi connectivity index (χ3v) is 2.02. The van der Waals surface area contributed by atoms with Gasteiger partial charge in [0.25, 0.3) is 0 Å². The minimum Gasteiger partial charge on any atom is -0.368 e. The molecule has 2 unspecified atom stereocenters. The van der Waals surface area contributed by atoms with Gasteiger partial charge in [-0.15, -0.1) is 0 Å². The van der Waals surface area contributed by atoms with Crippen LogP contribution in [0.3, 0.4) is 0 Å². The van der Waals surface area contributed by atoms with E-state index in [0.717, 1.165) is 12.8 Å². The molecule has 0 radical (unpaired) electrons. The molecule has 0 bridgehead atoms. The number of nitrogens with two attached hydrogens (primary N) is 1. The minimum atomic E-state index is -0.273. The van der Waals surface area contributed by atoms with Crippen molar-refractivity contribution in [1.29, 1.82) is 0 Å². The van der Waals surface area contributed by atoms with Gasteiger partial charge >= 0.3 is 0 Å². The van der Waals surface area contributed by atoms with Crippen molar-refractivity contribution < 1.29 is 14.4 Å². The van der Waals surface area contributed by atoms with Gasteiger partial charge in [0.2, 0.25) is 5.91 Å². The van der Waals surface area contributed by atoms with Gasteiger partial charge in [0.15, 0.2) is 0 Å². The molecule has 1 saturated heterocycles. The zero-order valence-corrected chi connectivity index (χ0v) is 7.79. The smallest absolute Gasteiger partial charge is 0.249 e. The molecule has 0 aromatic heterocycles. The molecule has 0 spiro atoms. The monoisotopic (exact) mass is 188 g/mol. The highest BCUT2D eigenvalue weighted by Gasteiger charge is 2.23. The molecule has 1 amide bonds. The van der Waals surface area contributed by atoms with E-state index in [-0.39, 0.29) is 18.1 Å². The van der Waals surface area contributed by atoms with Gasteiger partial charge in [-0.3, -0.25) is 9.63 Å². The van der Waals surface area contributed by atoms with E-state index in [2.05, 4.69) is 10.2 Å². The fourth-order valence-corrected chi connectivity index (χ4v) is 1.19. The highest BCUT2D eigenvalue weighted by molar-refractivity contribution is 5.80. The van der Waals surface area contributed by atoms with E-state index >= 15 is 0 Å². The normalized spacial score (nSPS) is 24.3. The fourth-order valence-electron chi connectivity index (χ4n) is 1.19. The van der Waals surface area contributed by atoms with Crippen LogP contribution in [0.15, 0.2) is 0 Å². The van der Waals surface area contributed by atoms with Crippen molar-refractivity contribution in [2.75, 3.05) is 13.2 Å². The Hall–Kier alpha value is -0.650. The van der Waals surface area contributed by atoms with Crippen molar-refractivity contribution in [3.63, 3.8) is 0 Å². The van der Waals surface area contributed by atoms with Gasteiger partial charge < -0.3 is 10.1 Å². The molecule has 0 aromatic rings. The zero-order valence-electron chi connectivity index (χ0n) is 7.79. The second-order valence-corrected chi connectivity index (χ2v) is 3.19. The second-order valence-electron chi connectivity index (χ2n) is 3.19. The van der Waals surface area contributed by atoms with Gasteiger partial charge in [-0.05, 0) is 19.8 Å². The second kappa shape index (κ2) is 5.16. The quantitative estimate of drug-likeness (QED) is 0.587. The van der Waals surface area contributed by atoms with Crippen molar-refractivity contribution in [2.24, 2.45) is 5.90 Å². The predicted octanol–water partition coefficient (Wildman–Crippen LogP) is -0.440. The molecule has 0 saturated carbocycles. The molecule has 0 aromatic carbocycles. The topological polar surface area (TPSA) is 73.6 Å². The number of nitrogens with one attached hydrogen (secondary N) is 1. The molecular formula is C8H16N2O3. The van der Waals surface area contributed by atoms with Gasteiger partial charge in [-0.1, -0.05) is 0 Å². The van der Waals surface area contributed by atoms with E-state index in [1.807, 2.05) is 0 Å². The highest BCUT2D eigenvalue weighted by atomic mass is 16.6. The fraction of sp³-hybridized carbons (Fsp3) is 0.875. The molecular weight excluding hydrogens is 172 g/mol. The molecule has 1 fully saturated rings. The summed E-state index contributed by atoms with van der Waals surface area (Å²) in [7, 11) is 0. The molecule has 0 aliphatic carbocycles. The summed E-state index contributed by atoms with van der Waals surface area (Å²) in [5, 5.41) is 2.71. The summed E-state index contributed by atoms with van der Waals surface area (Å²) in [5.41, 5.74) is 0. The Kier molecular flexibility index (Phi) is 4.14. The summed E-state index contributed by atoms with van der Waals surface area (Å²) in [5.74, 6) is 4.86. The summed E-state index contributed by atoms with van der Waals surface area (Å²) in [4.78, 5) is 15.8. The van der Waals surface area contributed by atoms with E-state index in [4.69, 9.17) is 10.6 Å². The molecule has 13 heavy (non-hydrogen) atoms. The first-order valence-corrected chi connectivity index (χ1v) is 4.49. The predicted molar refractivity (Wildman–Crippen MR) is 46.7 cm³/mol. The Morgan fingerprint density at radius 2 is 2.62 bits per heavy atom. The lowest BCUT2D eigenvalue weighted by Crippen LogP contribution is -2.39. The van der Waals surface area contributed by atoms with Crippen LogP contribution in [-0.4, -0.2) is 31.3 Å². The van der Waals surface area contributed by atoms with Crippen LogP contribution < -0.4 is 11.2 Å². The molecule has 1 aliphatic rings. The Morgan fingerprint density at radius 3 is 3.15 bits per heavy atom. The lowest BCUT2D eigenvalue weighted by atomic mass is 10.2. The molecule has 1 rings (SSSR count). The van der Waals surface area contributed by atoms with Crippen LogP contribution in [-0.2, 0) is 14.4 Å². The van der Waals surface area contributed by atoms with Gasteiger partial charge in [0.05, 0.1) is 6.10 Å². The maximum Gasteiger partial charge on any atom is 0.249 e. The number of carbonyl (C=O) groups is 1. The highest BCUT2D eigenvalue weighted by Crippen LogP contribution is 2.11. The van der Waals surface area contributed by atoms with Gasteiger partial charge in [0.1, 0.15) is 6.10 Å².